The lowest BCUT2D eigenvalue weighted by atomic mass is 10.5. The van der Waals surface area contributed by atoms with E-state index in [-0.39, 0.29) is 6.42 Å². The van der Waals surface area contributed by atoms with Gasteiger partial charge in [0, 0.05) is 6.42 Å². The quantitative estimate of drug-likeness (QED) is 0.569. The lowest BCUT2D eigenvalue weighted by Gasteiger charge is -2.08. The second-order valence-corrected chi connectivity index (χ2v) is 4.20. The van der Waals surface area contributed by atoms with E-state index in [1.54, 1.807) is 0 Å². The third-order valence-corrected chi connectivity index (χ3v) is 1.00. The van der Waals surface area contributed by atoms with Crippen molar-refractivity contribution in [2.24, 2.45) is 0 Å². The molecule has 0 aliphatic carbocycles. The largest absolute Gasteiger partial charge is 0.230 e. The van der Waals surface area contributed by atoms with Crippen molar-refractivity contribution < 1.29 is 4.39 Å². The summed E-state index contributed by atoms with van der Waals surface area (Å²) < 4.78 is 10.1. The monoisotopic (exact) mass is 198 g/mol. The van der Waals surface area contributed by atoms with Gasteiger partial charge in [0.05, 0.1) is 0 Å². The SMILES string of the molecule is FC(Cl)CC(Cl)(Cl)Cl. The van der Waals surface area contributed by atoms with Gasteiger partial charge in [0.2, 0.25) is 0 Å². The lowest BCUT2D eigenvalue weighted by molar-refractivity contribution is 0.424. The molecule has 0 radical (unpaired) electrons. The molecule has 0 nitrogen and oxygen atoms in total. The average Bonchev–Trinajstić information content (AvgIpc) is 1.21. The summed E-state index contributed by atoms with van der Waals surface area (Å²) >= 11 is 20.2. The number of halogens is 5. The highest BCUT2D eigenvalue weighted by molar-refractivity contribution is 6.67. The van der Waals surface area contributed by atoms with Gasteiger partial charge in [0.15, 0.2) is 9.42 Å². The summed E-state index contributed by atoms with van der Waals surface area (Å²) in [6.07, 6.45) is -0.279. The van der Waals surface area contributed by atoms with Crippen LogP contribution in [0.4, 0.5) is 4.39 Å². The van der Waals surface area contributed by atoms with Crippen LogP contribution in [0.2, 0.25) is 0 Å². The van der Waals surface area contributed by atoms with Crippen LogP contribution in [0, 0.1) is 0 Å². The molecule has 0 saturated carbocycles. The zero-order valence-corrected chi connectivity index (χ0v) is 6.70. The van der Waals surface area contributed by atoms with Crippen molar-refractivity contribution >= 4 is 46.4 Å². The van der Waals surface area contributed by atoms with Crippen molar-refractivity contribution in [2.45, 2.75) is 15.8 Å². The second-order valence-electron chi connectivity index (χ2n) is 1.21. The van der Waals surface area contributed by atoms with Crippen molar-refractivity contribution in [1.82, 2.24) is 0 Å². The van der Waals surface area contributed by atoms with E-state index in [9.17, 15) is 4.39 Å². The third-order valence-electron chi connectivity index (χ3n) is 0.386. The van der Waals surface area contributed by atoms with Gasteiger partial charge < -0.3 is 0 Å². The number of alkyl halides is 5. The average molecular weight is 200 g/mol. The molecule has 50 valence electrons. The highest BCUT2D eigenvalue weighted by atomic mass is 35.6. The lowest BCUT2D eigenvalue weighted by Crippen LogP contribution is -2.06. The van der Waals surface area contributed by atoms with Gasteiger partial charge in [-0.1, -0.05) is 46.4 Å². The molecule has 0 amide bonds. The Morgan fingerprint density at radius 3 is 1.75 bits per heavy atom. The first-order valence-electron chi connectivity index (χ1n) is 1.77. The summed E-state index contributed by atoms with van der Waals surface area (Å²) in [5.74, 6) is 0. The van der Waals surface area contributed by atoms with Gasteiger partial charge in [-0.3, -0.25) is 0 Å². The molecule has 0 N–H and O–H groups in total. The predicted molar refractivity (Wildman–Crippen MR) is 35.7 cm³/mol. The van der Waals surface area contributed by atoms with Crippen LogP contribution in [-0.2, 0) is 0 Å². The second kappa shape index (κ2) is 3.31. The van der Waals surface area contributed by atoms with Crippen molar-refractivity contribution in [3.8, 4) is 0 Å². The van der Waals surface area contributed by atoms with Gasteiger partial charge in [0.25, 0.3) is 0 Å². The van der Waals surface area contributed by atoms with Crippen LogP contribution in [0.5, 0.6) is 0 Å². The Morgan fingerprint density at radius 2 is 1.75 bits per heavy atom. The molecule has 0 aliphatic rings. The Kier molecular flexibility index (Phi) is 3.76. The van der Waals surface area contributed by atoms with Crippen LogP contribution in [0.1, 0.15) is 6.42 Å². The van der Waals surface area contributed by atoms with Crippen LogP contribution in [-0.4, -0.2) is 9.42 Å². The Balaban J connectivity index is 3.39. The summed E-state index contributed by atoms with van der Waals surface area (Å²) in [6, 6.07) is 0. The van der Waals surface area contributed by atoms with E-state index in [1.165, 1.54) is 0 Å². The first kappa shape index (κ1) is 9.09. The molecule has 1 atom stereocenters. The van der Waals surface area contributed by atoms with Crippen LogP contribution in [0.25, 0.3) is 0 Å². The fourth-order valence-corrected chi connectivity index (χ4v) is 1.05. The van der Waals surface area contributed by atoms with Crippen LogP contribution in [0.3, 0.4) is 0 Å². The smallest absolute Gasteiger partial charge is 0.194 e. The standard InChI is InChI=1S/C3H3Cl4F/c4-2(8)1-3(5,6)7/h2H,1H2. The highest BCUT2D eigenvalue weighted by Gasteiger charge is 2.23. The molecule has 8 heavy (non-hydrogen) atoms. The van der Waals surface area contributed by atoms with Crippen LogP contribution in [0.15, 0.2) is 0 Å². The van der Waals surface area contributed by atoms with E-state index in [0.717, 1.165) is 0 Å². The Morgan fingerprint density at radius 1 is 1.38 bits per heavy atom. The summed E-state index contributed by atoms with van der Waals surface area (Å²) in [5.41, 5.74) is -1.58. The number of hydrogen-bond donors (Lipinski definition) is 0. The maximum atomic E-state index is 11.7. The van der Waals surface area contributed by atoms with Gasteiger partial charge in [-0.2, -0.15) is 0 Å². The van der Waals surface area contributed by atoms with E-state index in [1.807, 2.05) is 0 Å². The van der Waals surface area contributed by atoms with E-state index >= 15 is 0 Å². The van der Waals surface area contributed by atoms with Crippen molar-refractivity contribution in [3.05, 3.63) is 0 Å². The van der Waals surface area contributed by atoms with Gasteiger partial charge in [-0.15, -0.1) is 0 Å². The van der Waals surface area contributed by atoms with Crippen LogP contribution < -0.4 is 0 Å². The minimum atomic E-state index is -1.58. The van der Waals surface area contributed by atoms with E-state index < -0.39 is 9.42 Å². The van der Waals surface area contributed by atoms with Crippen LogP contribution >= 0.6 is 46.4 Å². The van der Waals surface area contributed by atoms with E-state index in [0.29, 0.717) is 0 Å². The van der Waals surface area contributed by atoms with E-state index in [2.05, 4.69) is 0 Å². The van der Waals surface area contributed by atoms with Crippen molar-refractivity contribution in [2.75, 3.05) is 0 Å². The Labute approximate surface area is 66.8 Å². The van der Waals surface area contributed by atoms with Crippen molar-refractivity contribution in [1.29, 1.82) is 0 Å². The molecule has 0 aromatic rings. The van der Waals surface area contributed by atoms with Gasteiger partial charge >= 0.3 is 0 Å². The molecule has 5 heteroatoms. The molecular formula is C3H3Cl4F. The molecule has 0 aromatic heterocycles. The maximum Gasteiger partial charge on any atom is 0.194 e. The fourth-order valence-electron chi connectivity index (χ4n) is 0.175. The summed E-state index contributed by atoms with van der Waals surface area (Å²) in [4.78, 5) is 0. The number of rotatable bonds is 1. The minimum absolute atomic E-state index is 0.279. The molecule has 0 saturated heterocycles. The zero-order chi connectivity index (χ0) is 6.78. The first-order valence-corrected chi connectivity index (χ1v) is 3.34. The Bertz CT molecular complexity index is 66.2. The maximum absolute atomic E-state index is 11.7. The summed E-state index contributed by atoms with van der Waals surface area (Å²) in [6.45, 7) is 0. The van der Waals surface area contributed by atoms with Gasteiger partial charge in [0.1, 0.15) is 0 Å². The molecular weight excluding hydrogens is 197 g/mol. The molecule has 0 rings (SSSR count). The highest BCUT2D eigenvalue weighted by Crippen LogP contribution is 2.32. The summed E-state index contributed by atoms with van der Waals surface area (Å²) in [7, 11) is 0. The fraction of sp³-hybridized carbons (Fsp3) is 1.00. The molecule has 0 spiro atoms. The predicted octanol–water partition coefficient (Wildman–Crippen LogP) is 3.28. The summed E-state index contributed by atoms with van der Waals surface area (Å²) in [5, 5.41) is 0. The zero-order valence-electron chi connectivity index (χ0n) is 3.67. The molecule has 0 heterocycles. The third kappa shape index (κ3) is 7.09. The number of hydrogen-bond acceptors (Lipinski definition) is 0. The normalized spacial score (nSPS) is 16.1. The Hall–Kier alpha value is 1.09. The topological polar surface area (TPSA) is 0 Å². The minimum Gasteiger partial charge on any atom is -0.230 e. The molecule has 0 bridgehead atoms. The molecule has 1 unspecified atom stereocenters. The van der Waals surface area contributed by atoms with Gasteiger partial charge in [-0.05, 0) is 0 Å². The molecule has 0 aromatic carbocycles. The van der Waals surface area contributed by atoms with E-state index in [4.69, 9.17) is 46.4 Å². The van der Waals surface area contributed by atoms with Gasteiger partial charge in [-0.25, -0.2) is 4.39 Å². The first-order chi connectivity index (χ1) is 3.42. The van der Waals surface area contributed by atoms with Crippen molar-refractivity contribution in [3.63, 3.8) is 0 Å². The molecule has 0 fully saturated rings. The molecule has 0 aliphatic heterocycles.